The van der Waals surface area contributed by atoms with Crippen LogP contribution in [0.15, 0.2) is 30.2 Å². The first-order valence-corrected chi connectivity index (χ1v) is 6.81. The van der Waals surface area contributed by atoms with E-state index < -0.39 is 5.97 Å². The van der Waals surface area contributed by atoms with Gasteiger partial charge in [-0.3, -0.25) is 4.79 Å². The molecule has 19 heavy (non-hydrogen) atoms. The Morgan fingerprint density at radius 3 is 2.89 bits per heavy atom. The van der Waals surface area contributed by atoms with Crippen molar-refractivity contribution in [3.63, 3.8) is 0 Å². The van der Waals surface area contributed by atoms with Crippen LogP contribution in [0.3, 0.4) is 0 Å². The number of hydrogen-bond acceptors (Lipinski definition) is 3. The third kappa shape index (κ3) is 5.56. The number of nitrogens with one attached hydrogen (secondary N) is 1. The zero-order valence-electron chi connectivity index (χ0n) is 10.8. The Morgan fingerprint density at radius 2 is 2.37 bits per heavy atom. The van der Waals surface area contributed by atoms with Crippen molar-refractivity contribution in [1.82, 2.24) is 10.2 Å². The van der Waals surface area contributed by atoms with Gasteiger partial charge in [-0.25, -0.2) is 4.79 Å². The number of carboxylic acids is 1. The number of rotatable bonds is 7. The van der Waals surface area contributed by atoms with E-state index in [0.29, 0.717) is 0 Å². The van der Waals surface area contributed by atoms with Gasteiger partial charge in [-0.1, -0.05) is 12.1 Å². The van der Waals surface area contributed by atoms with Crippen molar-refractivity contribution < 1.29 is 14.7 Å². The lowest BCUT2D eigenvalue weighted by Gasteiger charge is -2.22. The van der Waals surface area contributed by atoms with Crippen LogP contribution in [-0.2, 0) is 11.2 Å². The standard InChI is InChI=1S/C13H18N2O3S/c1-3-6-15(9-12(16)17)13(18)14-10(2)8-11-5-4-7-19-11/h3-5,7,10H,1,6,8-9H2,2H3,(H,14,18)(H,16,17). The molecular formula is C13H18N2O3S. The average Bonchev–Trinajstić information content (AvgIpc) is 2.80. The number of amides is 2. The predicted octanol–water partition coefficient (Wildman–Crippen LogP) is 1.96. The smallest absolute Gasteiger partial charge is 0.323 e. The van der Waals surface area contributed by atoms with Crippen molar-refractivity contribution in [2.75, 3.05) is 13.1 Å². The summed E-state index contributed by atoms with van der Waals surface area (Å²) in [4.78, 5) is 25.0. The van der Waals surface area contributed by atoms with E-state index in [9.17, 15) is 9.59 Å². The molecule has 1 unspecified atom stereocenters. The molecule has 0 spiro atoms. The van der Waals surface area contributed by atoms with Crippen molar-refractivity contribution >= 4 is 23.3 Å². The molecule has 0 aromatic carbocycles. The van der Waals surface area contributed by atoms with Crippen molar-refractivity contribution in [1.29, 1.82) is 0 Å². The summed E-state index contributed by atoms with van der Waals surface area (Å²) in [5.41, 5.74) is 0. The van der Waals surface area contributed by atoms with E-state index in [1.807, 2.05) is 24.4 Å². The molecular weight excluding hydrogens is 264 g/mol. The van der Waals surface area contributed by atoms with Crippen LogP contribution < -0.4 is 5.32 Å². The first-order valence-electron chi connectivity index (χ1n) is 5.93. The van der Waals surface area contributed by atoms with Crippen LogP contribution in [0.4, 0.5) is 4.79 Å². The summed E-state index contributed by atoms with van der Waals surface area (Å²) >= 11 is 1.63. The van der Waals surface area contributed by atoms with Crippen LogP contribution in [0.2, 0.25) is 0 Å². The van der Waals surface area contributed by atoms with E-state index >= 15 is 0 Å². The molecule has 0 aliphatic heterocycles. The Kier molecular flexibility index (Phi) is 6.08. The maximum Gasteiger partial charge on any atom is 0.323 e. The minimum absolute atomic E-state index is 0.0488. The third-order valence-corrected chi connectivity index (χ3v) is 3.32. The molecule has 0 saturated carbocycles. The minimum Gasteiger partial charge on any atom is -0.480 e. The molecule has 1 aromatic heterocycles. The summed E-state index contributed by atoms with van der Waals surface area (Å²) in [5, 5.41) is 13.5. The first-order chi connectivity index (χ1) is 9.02. The van der Waals surface area contributed by atoms with Crippen molar-refractivity contribution in [2.24, 2.45) is 0 Å². The molecule has 0 aliphatic rings. The molecule has 1 atom stereocenters. The van der Waals surface area contributed by atoms with Crippen LogP contribution in [0.1, 0.15) is 11.8 Å². The molecule has 1 heterocycles. The molecule has 2 N–H and O–H groups in total. The fraction of sp³-hybridized carbons (Fsp3) is 0.385. The lowest BCUT2D eigenvalue weighted by molar-refractivity contribution is -0.137. The van der Waals surface area contributed by atoms with Crippen molar-refractivity contribution in [2.45, 2.75) is 19.4 Å². The predicted molar refractivity (Wildman–Crippen MR) is 75.4 cm³/mol. The first kappa shape index (κ1) is 15.2. The van der Waals surface area contributed by atoms with Crippen LogP contribution in [-0.4, -0.2) is 41.1 Å². The molecule has 0 bridgehead atoms. The van der Waals surface area contributed by atoms with Crippen molar-refractivity contribution in [3.8, 4) is 0 Å². The molecule has 0 radical (unpaired) electrons. The average molecular weight is 282 g/mol. The zero-order chi connectivity index (χ0) is 14.3. The van der Waals surface area contributed by atoms with Gasteiger partial charge in [-0.15, -0.1) is 17.9 Å². The fourth-order valence-electron chi connectivity index (χ4n) is 1.62. The highest BCUT2D eigenvalue weighted by molar-refractivity contribution is 7.09. The van der Waals surface area contributed by atoms with Crippen LogP contribution in [0, 0.1) is 0 Å². The van der Waals surface area contributed by atoms with E-state index in [0.717, 1.165) is 6.42 Å². The number of thiophene rings is 1. The molecule has 104 valence electrons. The number of aliphatic carboxylic acids is 1. The minimum atomic E-state index is -1.04. The quantitative estimate of drug-likeness (QED) is 0.751. The Bertz CT molecular complexity index is 431. The molecule has 0 aliphatic carbocycles. The van der Waals surface area contributed by atoms with Gasteiger partial charge in [0, 0.05) is 23.9 Å². The lowest BCUT2D eigenvalue weighted by atomic mass is 10.2. The summed E-state index contributed by atoms with van der Waals surface area (Å²) in [6, 6.07) is 3.54. The van der Waals surface area contributed by atoms with Gasteiger partial charge in [0.25, 0.3) is 0 Å². The highest BCUT2D eigenvalue weighted by Crippen LogP contribution is 2.11. The summed E-state index contributed by atoms with van der Waals surface area (Å²) in [5.74, 6) is -1.04. The topological polar surface area (TPSA) is 69.6 Å². The number of carboxylic acid groups (broad SMARTS) is 1. The van der Waals surface area contributed by atoms with Crippen LogP contribution >= 0.6 is 11.3 Å². The third-order valence-electron chi connectivity index (χ3n) is 2.42. The second-order valence-corrected chi connectivity index (χ2v) is 5.23. The van der Waals surface area contributed by atoms with Gasteiger partial charge in [0.15, 0.2) is 0 Å². The van der Waals surface area contributed by atoms with E-state index in [4.69, 9.17) is 5.11 Å². The fourth-order valence-corrected chi connectivity index (χ4v) is 2.46. The Balaban J connectivity index is 2.50. The Morgan fingerprint density at radius 1 is 1.63 bits per heavy atom. The van der Waals surface area contributed by atoms with Gasteiger partial charge in [-0.2, -0.15) is 0 Å². The maximum atomic E-state index is 11.9. The largest absolute Gasteiger partial charge is 0.480 e. The zero-order valence-corrected chi connectivity index (χ0v) is 11.7. The molecule has 1 aromatic rings. The summed E-state index contributed by atoms with van der Waals surface area (Å²) < 4.78 is 0. The normalized spacial score (nSPS) is 11.6. The summed E-state index contributed by atoms with van der Waals surface area (Å²) in [7, 11) is 0. The molecule has 1 rings (SSSR count). The maximum absolute atomic E-state index is 11.9. The summed E-state index contributed by atoms with van der Waals surface area (Å²) in [6.07, 6.45) is 2.24. The molecule has 0 saturated heterocycles. The van der Waals surface area contributed by atoms with Gasteiger partial charge >= 0.3 is 12.0 Å². The van der Waals surface area contributed by atoms with Gasteiger partial charge in [0.1, 0.15) is 6.54 Å². The van der Waals surface area contributed by atoms with Gasteiger partial charge in [-0.05, 0) is 18.4 Å². The van der Waals surface area contributed by atoms with E-state index in [2.05, 4.69) is 11.9 Å². The lowest BCUT2D eigenvalue weighted by Crippen LogP contribution is -2.46. The number of urea groups is 1. The number of nitrogens with zero attached hydrogens (tertiary/aromatic N) is 1. The molecule has 0 fully saturated rings. The monoisotopic (exact) mass is 282 g/mol. The van der Waals surface area contributed by atoms with Crippen molar-refractivity contribution in [3.05, 3.63) is 35.0 Å². The second-order valence-electron chi connectivity index (χ2n) is 4.20. The highest BCUT2D eigenvalue weighted by atomic mass is 32.1. The van der Waals surface area contributed by atoms with E-state index in [1.165, 1.54) is 15.9 Å². The number of carbonyl (C=O) groups excluding carboxylic acids is 1. The van der Waals surface area contributed by atoms with E-state index in [1.54, 1.807) is 11.3 Å². The molecule has 6 heteroatoms. The van der Waals surface area contributed by atoms with Gasteiger partial charge in [0.05, 0.1) is 0 Å². The number of hydrogen-bond donors (Lipinski definition) is 2. The van der Waals surface area contributed by atoms with Crippen LogP contribution in [0.25, 0.3) is 0 Å². The van der Waals surface area contributed by atoms with Gasteiger partial charge < -0.3 is 15.3 Å². The highest BCUT2D eigenvalue weighted by Gasteiger charge is 2.17. The SMILES string of the molecule is C=CCN(CC(=O)O)C(=O)NC(C)Cc1cccs1. The second kappa shape index (κ2) is 7.58. The van der Waals surface area contributed by atoms with Crippen LogP contribution in [0.5, 0.6) is 0 Å². The Hall–Kier alpha value is -1.82. The number of carbonyl (C=O) groups is 2. The van der Waals surface area contributed by atoms with E-state index in [-0.39, 0.29) is 25.2 Å². The Labute approximate surface area is 116 Å². The summed E-state index contributed by atoms with van der Waals surface area (Å²) in [6.45, 7) is 5.29. The van der Waals surface area contributed by atoms with Gasteiger partial charge in [0.2, 0.25) is 0 Å². The molecule has 2 amide bonds. The molecule has 5 nitrogen and oxygen atoms in total.